The molecule has 0 aliphatic rings. The van der Waals surface area contributed by atoms with Gasteiger partial charge in [-0.15, -0.1) is 4.37 Å². The Kier molecular flexibility index (Phi) is 4.64. The van der Waals surface area contributed by atoms with Crippen LogP contribution in [-0.4, -0.2) is 33.1 Å². The van der Waals surface area contributed by atoms with Gasteiger partial charge in [0.05, 0.1) is 11.7 Å². The van der Waals surface area contributed by atoms with Crippen molar-refractivity contribution in [3.63, 3.8) is 0 Å². The maximum absolute atomic E-state index is 13.1. The van der Waals surface area contributed by atoms with Crippen LogP contribution in [-0.2, 0) is 0 Å². The topological polar surface area (TPSA) is 67.3 Å². The van der Waals surface area contributed by atoms with Gasteiger partial charge in [-0.05, 0) is 30.7 Å². The summed E-state index contributed by atoms with van der Waals surface area (Å²) < 4.78 is 25.9. The van der Waals surface area contributed by atoms with Gasteiger partial charge < -0.3 is 15.2 Å². The summed E-state index contributed by atoms with van der Waals surface area (Å²) in [5.74, 6) is 0.159. The normalized spacial score (nSPS) is 12.2. The molecule has 2 N–H and O–H groups in total. The van der Waals surface area contributed by atoms with Gasteiger partial charge in [-0.1, -0.05) is 0 Å². The quantitative estimate of drug-likeness (QED) is 0.846. The molecule has 0 radical (unpaired) electrons. The zero-order chi connectivity index (χ0) is 13.7. The SMILES string of the molecule is Cc1cc(NCC(O)COc2cnsn2)ccc1F. The number of hydrogen-bond donors (Lipinski definition) is 2. The smallest absolute Gasteiger partial charge is 0.245 e. The number of halogens is 1. The number of nitrogens with one attached hydrogen (secondary N) is 1. The number of aryl methyl sites for hydroxylation is 1. The van der Waals surface area contributed by atoms with Crippen LogP contribution in [0.1, 0.15) is 5.56 Å². The average molecular weight is 283 g/mol. The summed E-state index contributed by atoms with van der Waals surface area (Å²) in [5.41, 5.74) is 1.32. The molecular weight excluding hydrogens is 269 g/mol. The number of hydrogen-bond acceptors (Lipinski definition) is 6. The van der Waals surface area contributed by atoms with Crippen LogP contribution in [0, 0.1) is 12.7 Å². The Hall–Kier alpha value is -1.73. The molecule has 1 aromatic heterocycles. The standard InChI is InChI=1S/C12H14FN3O2S/c1-8-4-9(2-3-11(8)13)14-5-10(17)7-18-12-6-15-19-16-12/h2-4,6,10,14,17H,5,7H2,1H3. The first kappa shape index (κ1) is 13.7. The molecule has 2 aromatic rings. The fourth-order valence-corrected chi connectivity index (χ4v) is 1.82. The monoisotopic (exact) mass is 283 g/mol. The molecule has 1 unspecified atom stereocenters. The van der Waals surface area contributed by atoms with Crippen molar-refractivity contribution in [2.45, 2.75) is 13.0 Å². The molecular formula is C12H14FN3O2S. The number of nitrogens with zero attached hydrogens (tertiary/aromatic N) is 2. The molecule has 0 saturated heterocycles. The summed E-state index contributed by atoms with van der Waals surface area (Å²) in [6.07, 6.45) is 0.806. The second-order valence-electron chi connectivity index (χ2n) is 4.06. The largest absolute Gasteiger partial charge is 0.473 e. The molecule has 7 heteroatoms. The van der Waals surface area contributed by atoms with Crippen LogP contribution in [0.15, 0.2) is 24.4 Å². The Morgan fingerprint density at radius 2 is 2.37 bits per heavy atom. The van der Waals surface area contributed by atoms with E-state index < -0.39 is 6.10 Å². The van der Waals surface area contributed by atoms with Crippen molar-refractivity contribution in [3.05, 3.63) is 35.8 Å². The molecule has 0 amide bonds. The van der Waals surface area contributed by atoms with Gasteiger partial charge in [0, 0.05) is 12.2 Å². The maximum Gasteiger partial charge on any atom is 0.245 e. The van der Waals surface area contributed by atoms with Crippen LogP contribution in [0.25, 0.3) is 0 Å². The van der Waals surface area contributed by atoms with Crippen LogP contribution < -0.4 is 10.1 Å². The molecule has 0 aliphatic carbocycles. The van der Waals surface area contributed by atoms with E-state index in [9.17, 15) is 9.50 Å². The minimum absolute atomic E-state index is 0.124. The third-order valence-corrected chi connectivity index (χ3v) is 2.93. The van der Waals surface area contributed by atoms with Crippen molar-refractivity contribution in [2.24, 2.45) is 0 Å². The third-order valence-electron chi connectivity index (χ3n) is 2.46. The van der Waals surface area contributed by atoms with Crippen molar-refractivity contribution < 1.29 is 14.2 Å². The lowest BCUT2D eigenvalue weighted by Gasteiger charge is -2.13. The lowest BCUT2D eigenvalue weighted by Crippen LogP contribution is -2.26. The van der Waals surface area contributed by atoms with Gasteiger partial charge in [0.1, 0.15) is 24.7 Å². The van der Waals surface area contributed by atoms with E-state index in [0.717, 1.165) is 17.4 Å². The lowest BCUT2D eigenvalue weighted by molar-refractivity contribution is 0.115. The van der Waals surface area contributed by atoms with Gasteiger partial charge >= 0.3 is 0 Å². The zero-order valence-electron chi connectivity index (χ0n) is 10.3. The molecule has 102 valence electrons. The fraction of sp³-hybridized carbons (Fsp3) is 0.333. The number of rotatable bonds is 6. The van der Waals surface area contributed by atoms with Gasteiger partial charge in [-0.25, -0.2) is 4.39 Å². The molecule has 1 aromatic carbocycles. The third kappa shape index (κ3) is 4.15. The van der Waals surface area contributed by atoms with Crippen LogP contribution in [0.5, 0.6) is 5.88 Å². The Morgan fingerprint density at radius 3 is 3.05 bits per heavy atom. The number of aliphatic hydroxyl groups is 1. The van der Waals surface area contributed by atoms with Crippen LogP contribution >= 0.6 is 11.7 Å². The van der Waals surface area contributed by atoms with Crippen molar-refractivity contribution in [3.8, 4) is 5.88 Å². The van der Waals surface area contributed by atoms with Crippen LogP contribution in [0.2, 0.25) is 0 Å². The Morgan fingerprint density at radius 1 is 1.53 bits per heavy atom. The molecule has 0 fully saturated rings. The van der Waals surface area contributed by atoms with E-state index in [2.05, 4.69) is 14.1 Å². The van der Waals surface area contributed by atoms with Crippen molar-refractivity contribution >= 4 is 17.4 Å². The Balaban J connectivity index is 1.76. The summed E-state index contributed by atoms with van der Waals surface area (Å²) in [7, 11) is 0. The van der Waals surface area contributed by atoms with Crippen molar-refractivity contribution in [2.75, 3.05) is 18.5 Å². The summed E-state index contributed by atoms with van der Waals surface area (Å²) in [6, 6.07) is 4.70. The summed E-state index contributed by atoms with van der Waals surface area (Å²) in [6.45, 7) is 2.12. The van der Waals surface area contributed by atoms with E-state index in [-0.39, 0.29) is 12.4 Å². The highest BCUT2D eigenvalue weighted by Crippen LogP contribution is 2.13. The first-order chi connectivity index (χ1) is 9.15. The van der Waals surface area contributed by atoms with Gasteiger partial charge in [-0.2, -0.15) is 4.37 Å². The number of aromatic nitrogens is 2. The number of aliphatic hydroxyl groups excluding tert-OH is 1. The zero-order valence-corrected chi connectivity index (χ0v) is 11.2. The Labute approximate surface area is 114 Å². The highest BCUT2D eigenvalue weighted by Gasteiger charge is 2.07. The highest BCUT2D eigenvalue weighted by molar-refractivity contribution is 6.99. The Bertz CT molecular complexity index is 522. The van der Waals surface area contributed by atoms with Crippen LogP contribution in [0.4, 0.5) is 10.1 Å². The van der Waals surface area contributed by atoms with E-state index in [1.54, 1.807) is 19.1 Å². The number of anilines is 1. The predicted octanol–water partition coefficient (Wildman–Crippen LogP) is 1.84. The minimum atomic E-state index is -0.688. The molecule has 1 heterocycles. The summed E-state index contributed by atoms with van der Waals surface area (Å²) in [4.78, 5) is 0. The fourth-order valence-electron chi connectivity index (χ4n) is 1.45. The minimum Gasteiger partial charge on any atom is -0.473 e. The molecule has 2 rings (SSSR count). The van der Waals surface area contributed by atoms with E-state index >= 15 is 0 Å². The highest BCUT2D eigenvalue weighted by atomic mass is 32.1. The first-order valence-electron chi connectivity index (χ1n) is 5.73. The molecule has 0 aliphatic heterocycles. The molecule has 0 spiro atoms. The van der Waals surface area contributed by atoms with Crippen molar-refractivity contribution in [1.29, 1.82) is 0 Å². The molecule has 19 heavy (non-hydrogen) atoms. The molecule has 1 atom stereocenters. The second kappa shape index (κ2) is 6.44. The molecule has 5 nitrogen and oxygen atoms in total. The van der Waals surface area contributed by atoms with Gasteiger partial charge in [-0.3, -0.25) is 0 Å². The van der Waals surface area contributed by atoms with Crippen LogP contribution in [0.3, 0.4) is 0 Å². The number of benzene rings is 1. The predicted molar refractivity (Wildman–Crippen MR) is 71.0 cm³/mol. The van der Waals surface area contributed by atoms with Gasteiger partial charge in [0.2, 0.25) is 5.88 Å². The van der Waals surface area contributed by atoms with Gasteiger partial charge in [0.15, 0.2) is 0 Å². The average Bonchev–Trinajstić information content (AvgIpc) is 2.91. The van der Waals surface area contributed by atoms with Crippen molar-refractivity contribution in [1.82, 2.24) is 8.75 Å². The molecule has 0 bridgehead atoms. The second-order valence-corrected chi connectivity index (χ2v) is 4.61. The van der Waals surface area contributed by atoms with E-state index in [0.29, 0.717) is 18.0 Å². The summed E-state index contributed by atoms with van der Waals surface area (Å²) >= 11 is 1.05. The lowest BCUT2D eigenvalue weighted by atomic mass is 10.2. The first-order valence-corrected chi connectivity index (χ1v) is 6.46. The summed E-state index contributed by atoms with van der Waals surface area (Å²) in [5, 5.41) is 12.7. The van der Waals surface area contributed by atoms with E-state index in [1.807, 2.05) is 0 Å². The maximum atomic E-state index is 13.1. The van der Waals surface area contributed by atoms with Gasteiger partial charge in [0.25, 0.3) is 0 Å². The van der Waals surface area contributed by atoms with E-state index in [1.165, 1.54) is 12.3 Å². The number of ether oxygens (including phenoxy) is 1. The van der Waals surface area contributed by atoms with E-state index in [4.69, 9.17) is 4.74 Å². The molecule has 0 saturated carbocycles.